The van der Waals surface area contributed by atoms with Crippen LogP contribution in [0.4, 0.5) is 18.9 Å². The molecule has 0 saturated heterocycles. The van der Waals surface area contributed by atoms with Gasteiger partial charge in [0.15, 0.2) is 0 Å². The Labute approximate surface area is 159 Å². The highest BCUT2D eigenvalue weighted by atomic mass is 35.5. The molecule has 1 aromatic heterocycles. The first kappa shape index (κ1) is 18.3. The predicted molar refractivity (Wildman–Crippen MR) is 95.8 cm³/mol. The van der Waals surface area contributed by atoms with E-state index in [4.69, 9.17) is 11.6 Å². The van der Waals surface area contributed by atoms with Gasteiger partial charge in [0.2, 0.25) is 0 Å². The smallest absolute Gasteiger partial charge is 0.323 e. The average Bonchev–Trinajstić information content (AvgIpc) is 3.30. The van der Waals surface area contributed by atoms with E-state index in [9.17, 15) is 18.0 Å². The maximum Gasteiger partial charge on any atom is 0.416 e. The first-order valence-electron chi connectivity index (χ1n) is 8.95. The fourth-order valence-electron chi connectivity index (χ4n) is 3.56. The SMILES string of the molecule is Cc1cn(C2(C(=O)Nc3ccc(C(F)(F)F)cc3Cl)CCC2)nc1C1CC1. The number of alkyl halides is 3. The maximum atomic E-state index is 13.0. The van der Waals surface area contributed by atoms with Crippen molar-refractivity contribution >= 4 is 23.2 Å². The van der Waals surface area contributed by atoms with Gasteiger partial charge in [0, 0.05) is 12.1 Å². The Morgan fingerprint density at radius 2 is 2.04 bits per heavy atom. The standard InChI is InChI=1S/C19H19ClF3N3O/c1-11-10-26(25-16(11)12-3-4-12)18(7-2-8-18)17(27)24-15-6-5-13(9-14(15)20)19(21,22)23/h5-6,9-10,12H,2-4,7-8H2,1H3,(H,24,27). The van der Waals surface area contributed by atoms with Gasteiger partial charge in [0.1, 0.15) is 5.54 Å². The number of amides is 1. The number of benzene rings is 1. The van der Waals surface area contributed by atoms with E-state index >= 15 is 0 Å². The van der Waals surface area contributed by atoms with Crippen LogP contribution in [0.1, 0.15) is 54.8 Å². The lowest BCUT2D eigenvalue weighted by molar-refractivity contribution is -0.137. The van der Waals surface area contributed by atoms with E-state index in [2.05, 4.69) is 10.4 Å². The van der Waals surface area contributed by atoms with E-state index in [0.717, 1.165) is 42.7 Å². The molecule has 1 N–H and O–H groups in total. The van der Waals surface area contributed by atoms with Gasteiger partial charge in [-0.05, 0) is 62.8 Å². The highest BCUT2D eigenvalue weighted by Gasteiger charge is 2.47. The Morgan fingerprint density at radius 3 is 2.56 bits per heavy atom. The van der Waals surface area contributed by atoms with E-state index in [1.54, 1.807) is 4.68 Å². The van der Waals surface area contributed by atoms with E-state index in [1.165, 1.54) is 6.07 Å². The number of carbonyl (C=O) groups excluding carboxylic acids is 1. The molecule has 4 nitrogen and oxygen atoms in total. The van der Waals surface area contributed by atoms with Crippen molar-refractivity contribution in [1.29, 1.82) is 0 Å². The normalized spacial score (nSPS) is 18.9. The molecular weight excluding hydrogens is 379 g/mol. The van der Waals surface area contributed by atoms with Crippen molar-refractivity contribution < 1.29 is 18.0 Å². The Hall–Kier alpha value is -2.02. The summed E-state index contributed by atoms with van der Waals surface area (Å²) < 4.78 is 40.1. The van der Waals surface area contributed by atoms with Crippen LogP contribution in [0.25, 0.3) is 0 Å². The quantitative estimate of drug-likeness (QED) is 0.765. The van der Waals surface area contributed by atoms with Gasteiger partial charge in [-0.2, -0.15) is 18.3 Å². The summed E-state index contributed by atoms with van der Waals surface area (Å²) in [5.41, 5.74) is 0.642. The van der Waals surface area contributed by atoms with Crippen LogP contribution in [0, 0.1) is 6.92 Å². The molecule has 1 amide bonds. The van der Waals surface area contributed by atoms with E-state index in [0.29, 0.717) is 18.8 Å². The topological polar surface area (TPSA) is 46.9 Å². The number of halogens is 4. The third-order valence-corrected chi connectivity index (χ3v) is 5.80. The minimum Gasteiger partial charge on any atom is -0.323 e. The molecule has 2 fully saturated rings. The minimum absolute atomic E-state index is 0.136. The first-order valence-corrected chi connectivity index (χ1v) is 9.33. The van der Waals surface area contributed by atoms with Crippen molar-refractivity contribution in [2.75, 3.05) is 5.32 Å². The van der Waals surface area contributed by atoms with Crippen LogP contribution in [0.2, 0.25) is 5.02 Å². The highest BCUT2D eigenvalue weighted by Crippen LogP contribution is 2.44. The summed E-state index contributed by atoms with van der Waals surface area (Å²) in [6, 6.07) is 2.94. The lowest BCUT2D eigenvalue weighted by Gasteiger charge is -2.40. The number of aromatic nitrogens is 2. The fourth-order valence-corrected chi connectivity index (χ4v) is 3.78. The van der Waals surface area contributed by atoms with Crippen LogP contribution in [0.15, 0.2) is 24.4 Å². The number of hydrogen-bond donors (Lipinski definition) is 1. The molecular formula is C19H19ClF3N3O. The van der Waals surface area contributed by atoms with E-state index < -0.39 is 17.3 Å². The summed E-state index contributed by atoms with van der Waals surface area (Å²) in [6.07, 6.45) is 1.85. The first-order chi connectivity index (χ1) is 12.7. The van der Waals surface area contributed by atoms with Gasteiger partial charge in [-0.25, -0.2) is 0 Å². The highest BCUT2D eigenvalue weighted by molar-refractivity contribution is 6.33. The third kappa shape index (κ3) is 3.22. The largest absolute Gasteiger partial charge is 0.416 e. The van der Waals surface area contributed by atoms with E-state index in [-0.39, 0.29) is 16.6 Å². The Bertz CT molecular complexity index is 898. The summed E-state index contributed by atoms with van der Waals surface area (Å²) in [5, 5.41) is 7.24. The molecule has 0 unspecified atom stereocenters. The molecule has 2 aliphatic rings. The van der Waals surface area contributed by atoms with Crippen LogP contribution in [0.3, 0.4) is 0 Å². The summed E-state index contributed by atoms with van der Waals surface area (Å²) in [5.74, 6) is 0.191. The molecule has 2 aliphatic carbocycles. The summed E-state index contributed by atoms with van der Waals surface area (Å²) in [4.78, 5) is 13.0. The lowest BCUT2D eigenvalue weighted by Crippen LogP contribution is -2.51. The Kier molecular flexibility index (Phi) is 4.25. The molecule has 0 radical (unpaired) electrons. The second-order valence-electron chi connectivity index (χ2n) is 7.45. The molecule has 0 atom stereocenters. The molecule has 0 aliphatic heterocycles. The van der Waals surface area contributed by atoms with Gasteiger partial charge >= 0.3 is 6.18 Å². The third-order valence-electron chi connectivity index (χ3n) is 5.49. The second kappa shape index (κ2) is 6.26. The van der Waals surface area contributed by atoms with Crippen molar-refractivity contribution in [2.45, 2.75) is 56.7 Å². The summed E-state index contributed by atoms with van der Waals surface area (Å²) >= 11 is 5.98. The zero-order valence-corrected chi connectivity index (χ0v) is 15.5. The molecule has 1 aromatic carbocycles. The monoisotopic (exact) mass is 397 g/mol. The number of aryl methyl sites for hydroxylation is 1. The molecule has 2 aromatic rings. The van der Waals surface area contributed by atoms with Gasteiger partial charge < -0.3 is 5.32 Å². The van der Waals surface area contributed by atoms with Gasteiger partial charge in [-0.15, -0.1) is 0 Å². The zero-order valence-electron chi connectivity index (χ0n) is 14.7. The van der Waals surface area contributed by atoms with Gasteiger partial charge in [-0.3, -0.25) is 9.48 Å². The van der Waals surface area contributed by atoms with Crippen molar-refractivity contribution in [1.82, 2.24) is 9.78 Å². The predicted octanol–water partition coefficient (Wildman–Crippen LogP) is 5.26. The van der Waals surface area contributed by atoms with Crippen molar-refractivity contribution in [3.05, 3.63) is 46.2 Å². The average molecular weight is 398 g/mol. The molecule has 2 saturated carbocycles. The molecule has 0 bridgehead atoms. The van der Waals surface area contributed by atoms with E-state index in [1.807, 2.05) is 13.1 Å². The molecule has 27 heavy (non-hydrogen) atoms. The van der Waals surface area contributed by atoms with Gasteiger partial charge in [0.25, 0.3) is 5.91 Å². The maximum absolute atomic E-state index is 13.0. The summed E-state index contributed by atoms with van der Waals surface area (Å²) in [6.45, 7) is 1.99. The lowest BCUT2D eigenvalue weighted by atomic mass is 9.76. The molecule has 1 heterocycles. The van der Waals surface area contributed by atoms with Gasteiger partial charge in [0.05, 0.1) is 22.0 Å². The number of nitrogens with one attached hydrogen (secondary N) is 1. The summed E-state index contributed by atoms with van der Waals surface area (Å²) in [7, 11) is 0. The van der Waals surface area contributed by atoms with Crippen LogP contribution < -0.4 is 5.32 Å². The van der Waals surface area contributed by atoms with Crippen LogP contribution in [-0.4, -0.2) is 15.7 Å². The van der Waals surface area contributed by atoms with Crippen molar-refractivity contribution in [2.24, 2.45) is 0 Å². The fraction of sp³-hybridized carbons (Fsp3) is 0.474. The number of hydrogen-bond acceptors (Lipinski definition) is 2. The van der Waals surface area contributed by atoms with Gasteiger partial charge in [-0.1, -0.05) is 11.6 Å². The number of nitrogens with zero attached hydrogens (tertiary/aromatic N) is 2. The van der Waals surface area contributed by atoms with Crippen LogP contribution >= 0.6 is 11.6 Å². The van der Waals surface area contributed by atoms with Crippen molar-refractivity contribution in [3.8, 4) is 0 Å². The van der Waals surface area contributed by atoms with Crippen molar-refractivity contribution in [3.63, 3.8) is 0 Å². The number of rotatable bonds is 4. The van der Waals surface area contributed by atoms with Crippen LogP contribution in [-0.2, 0) is 16.5 Å². The second-order valence-corrected chi connectivity index (χ2v) is 7.86. The number of anilines is 1. The molecule has 4 rings (SSSR count). The number of carbonyl (C=O) groups is 1. The minimum atomic E-state index is -4.48. The zero-order chi connectivity index (χ0) is 19.4. The molecule has 144 valence electrons. The van der Waals surface area contributed by atoms with Crippen LogP contribution in [0.5, 0.6) is 0 Å². The molecule has 8 heteroatoms. The Morgan fingerprint density at radius 1 is 1.33 bits per heavy atom. The molecule has 0 spiro atoms. The Balaban J connectivity index is 1.59.